The minimum atomic E-state index is -0.288. The summed E-state index contributed by atoms with van der Waals surface area (Å²) in [7, 11) is 0. The van der Waals surface area contributed by atoms with Gasteiger partial charge in [-0.15, -0.1) is 0 Å². The van der Waals surface area contributed by atoms with E-state index < -0.39 is 0 Å². The lowest BCUT2D eigenvalue weighted by atomic mass is 9.94. The molecule has 2 rings (SSSR count). The fourth-order valence-corrected chi connectivity index (χ4v) is 3.03. The number of carbonyl (C=O) groups excluding carboxylic acids is 1. The summed E-state index contributed by atoms with van der Waals surface area (Å²) >= 11 is 3.53. The Morgan fingerprint density at radius 1 is 1.32 bits per heavy atom. The first-order chi connectivity index (χ1) is 8.89. The first-order valence-corrected chi connectivity index (χ1v) is 7.54. The minimum Gasteiger partial charge on any atom is -0.326 e. The first-order valence-electron chi connectivity index (χ1n) is 6.75. The Balaban J connectivity index is 2.03. The second-order valence-corrected chi connectivity index (χ2v) is 6.51. The van der Waals surface area contributed by atoms with Crippen LogP contribution in [0, 0.1) is 13.8 Å². The van der Waals surface area contributed by atoms with E-state index in [0.717, 1.165) is 47.0 Å². The number of carbonyl (C=O) groups is 1. The Morgan fingerprint density at radius 3 is 2.37 bits per heavy atom. The summed E-state index contributed by atoms with van der Waals surface area (Å²) in [5.74, 6) is 0.0190. The molecule has 0 aromatic heterocycles. The fourth-order valence-electron chi connectivity index (χ4n) is 2.80. The highest BCUT2D eigenvalue weighted by atomic mass is 79.9. The van der Waals surface area contributed by atoms with Crippen molar-refractivity contribution in [3.8, 4) is 0 Å². The van der Waals surface area contributed by atoms with Crippen molar-refractivity contribution in [2.75, 3.05) is 5.32 Å². The molecule has 0 atom stereocenters. The molecule has 1 fully saturated rings. The van der Waals surface area contributed by atoms with Crippen LogP contribution in [-0.2, 0) is 4.79 Å². The van der Waals surface area contributed by atoms with E-state index in [4.69, 9.17) is 5.73 Å². The second kappa shape index (κ2) is 5.63. The quantitative estimate of drug-likeness (QED) is 0.891. The molecule has 19 heavy (non-hydrogen) atoms. The lowest BCUT2D eigenvalue weighted by Crippen LogP contribution is -2.40. The number of hydrogen-bond donors (Lipinski definition) is 2. The molecular weight excluding hydrogens is 304 g/mol. The summed E-state index contributed by atoms with van der Waals surface area (Å²) in [6, 6.07) is 3.96. The number of nitrogens with one attached hydrogen (secondary N) is 1. The molecule has 0 spiro atoms. The number of rotatable bonds is 3. The number of benzene rings is 1. The van der Waals surface area contributed by atoms with Crippen LogP contribution in [0.4, 0.5) is 5.69 Å². The molecule has 4 heteroatoms. The zero-order valence-electron chi connectivity index (χ0n) is 11.6. The molecule has 1 saturated carbocycles. The third kappa shape index (κ3) is 3.57. The van der Waals surface area contributed by atoms with Crippen molar-refractivity contribution < 1.29 is 4.79 Å². The maximum Gasteiger partial charge on any atom is 0.226 e. The Bertz CT molecular complexity index is 470. The molecule has 3 nitrogen and oxygen atoms in total. The monoisotopic (exact) mass is 324 g/mol. The van der Waals surface area contributed by atoms with Crippen LogP contribution in [0.3, 0.4) is 0 Å². The zero-order chi connectivity index (χ0) is 14.0. The molecule has 0 radical (unpaired) electrons. The van der Waals surface area contributed by atoms with E-state index in [0.29, 0.717) is 6.42 Å². The lowest BCUT2D eigenvalue weighted by Gasteiger charge is -2.22. The van der Waals surface area contributed by atoms with Crippen LogP contribution in [0.5, 0.6) is 0 Å². The predicted molar refractivity (Wildman–Crippen MR) is 82.2 cm³/mol. The van der Waals surface area contributed by atoms with Crippen molar-refractivity contribution in [1.29, 1.82) is 0 Å². The van der Waals surface area contributed by atoms with Gasteiger partial charge in [-0.25, -0.2) is 0 Å². The Labute approximate surface area is 123 Å². The van der Waals surface area contributed by atoms with Crippen LogP contribution in [0.25, 0.3) is 0 Å². The third-order valence-corrected chi connectivity index (χ3v) is 5.08. The van der Waals surface area contributed by atoms with Gasteiger partial charge in [0.05, 0.1) is 0 Å². The predicted octanol–water partition coefficient (Wildman–Crippen LogP) is 3.67. The molecule has 3 N–H and O–H groups in total. The van der Waals surface area contributed by atoms with Gasteiger partial charge < -0.3 is 11.1 Å². The number of aryl methyl sites for hydroxylation is 2. The van der Waals surface area contributed by atoms with E-state index in [2.05, 4.69) is 21.2 Å². The molecule has 1 aliphatic carbocycles. The van der Waals surface area contributed by atoms with Gasteiger partial charge in [-0.1, -0.05) is 28.8 Å². The number of halogens is 1. The topological polar surface area (TPSA) is 55.1 Å². The fraction of sp³-hybridized carbons (Fsp3) is 0.533. The van der Waals surface area contributed by atoms with Gasteiger partial charge in [0, 0.05) is 22.1 Å². The second-order valence-electron chi connectivity index (χ2n) is 5.72. The average Bonchev–Trinajstić information content (AvgIpc) is 2.72. The number of nitrogens with two attached hydrogens (primary N) is 1. The van der Waals surface area contributed by atoms with Crippen molar-refractivity contribution in [1.82, 2.24) is 0 Å². The SMILES string of the molecule is Cc1cc(NC(=O)CC2(N)CCCC2)cc(C)c1Br. The van der Waals surface area contributed by atoms with Gasteiger partial charge in [0.15, 0.2) is 0 Å². The minimum absolute atomic E-state index is 0.0190. The largest absolute Gasteiger partial charge is 0.326 e. The standard InChI is InChI=1S/C15H21BrN2O/c1-10-7-12(8-11(2)14(10)16)18-13(19)9-15(17)5-3-4-6-15/h7-8H,3-6,9,17H2,1-2H3,(H,18,19). The van der Waals surface area contributed by atoms with Gasteiger partial charge in [-0.05, 0) is 49.9 Å². The summed E-state index contributed by atoms with van der Waals surface area (Å²) in [4.78, 5) is 12.1. The highest BCUT2D eigenvalue weighted by Gasteiger charge is 2.31. The van der Waals surface area contributed by atoms with E-state index in [-0.39, 0.29) is 11.4 Å². The highest BCUT2D eigenvalue weighted by molar-refractivity contribution is 9.10. The zero-order valence-corrected chi connectivity index (χ0v) is 13.1. The van der Waals surface area contributed by atoms with Gasteiger partial charge in [0.2, 0.25) is 5.91 Å². The summed E-state index contributed by atoms with van der Waals surface area (Å²) in [6.45, 7) is 4.04. The van der Waals surface area contributed by atoms with Gasteiger partial charge in [0.25, 0.3) is 0 Å². The Kier molecular flexibility index (Phi) is 4.31. The maximum absolute atomic E-state index is 12.1. The molecule has 1 aromatic rings. The van der Waals surface area contributed by atoms with Crippen molar-refractivity contribution in [2.24, 2.45) is 5.73 Å². The molecule has 0 saturated heterocycles. The first kappa shape index (κ1) is 14.5. The van der Waals surface area contributed by atoms with E-state index in [1.165, 1.54) is 0 Å². The number of hydrogen-bond acceptors (Lipinski definition) is 2. The van der Waals surface area contributed by atoms with E-state index in [1.807, 2.05) is 26.0 Å². The molecule has 0 aliphatic heterocycles. The van der Waals surface area contributed by atoms with E-state index in [9.17, 15) is 4.79 Å². The normalized spacial score (nSPS) is 17.5. The number of amides is 1. The highest BCUT2D eigenvalue weighted by Crippen LogP contribution is 2.31. The molecule has 1 amide bonds. The Hall–Kier alpha value is -0.870. The van der Waals surface area contributed by atoms with E-state index >= 15 is 0 Å². The summed E-state index contributed by atoms with van der Waals surface area (Å²) in [5, 5.41) is 2.96. The van der Waals surface area contributed by atoms with Crippen LogP contribution in [0.15, 0.2) is 16.6 Å². The smallest absolute Gasteiger partial charge is 0.226 e. The van der Waals surface area contributed by atoms with Crippen molar-refractivity contribution in [3.05, 3.63) is 27.7 Å². The molecular formula is C15H21BrN2O. The van der Waals surface area contributed by atoms with Gasteiger partial charge in [-0.3, -0.25) is 4.79 Å². The molecule has 1 aliphatic rings. The van der Waals surface area contributed by atoms with Crippen LogP contribution in [0.1, 0.15) is 43.2 Å². The molecule has 0 unspecified atom stereocenters. The summed E-state index contributed by atoms with van der Waals surface area (Å²) < 4.78 is 1.09. The van der Waals surface area contributed by atoms with Crippen LogP contribution < -0.4 is 11.1 Å². The van der Waals surface area contributed by atoms with Gasteiger partial charge in [-0.2, -0.15) is 0 Å². The van der Waals surface area contributed by atoms with Gasteiger partial charge >= 0.3 is 0 Å². The lowest BCUT2D eigenvalue weighted by molar-refractivity contribution is -0.117. The Morgan fingerprint density at radius 2 is 1.84 bits per heavy atom. The molecule has 0 bridgehead atoms. The van der Waals surface area contributed by atoms with Crippen molar-refractivity contribution in [2.45, 2.75) is 51.5 Å². The number of anilines is 1. The summed E-state index contributed by atoms with van der Waals surface area (Å²) in [5.41, 5.74) is 9.04. The molecule has 104 valence electrons. The van der Waals surface area contributed by atoms with Crippen LogP contribution in [0.2, 0.25) is 0 Å². The van der Waals surface area contributed by atoms with E-state index in [1.54, 1.807) is 0 Å². The third-order valence-electron chi connectivity index (χ3n) is 3.83. The average molecular weight is 325 g/mol. The van der Waals surface area contributed by atoms with Gasteiger partial charge in [0.1, 0.15) is 0 Å². The molecule has 1 aromatic carbocycles. The van der Waals surface area contributed by atoms with Crippen LogP contribution >= 0.6 is 15.9 Å². The van der Waals surface area contributed by atoms with Crippen molar-refractivity contribution >= 4 is 27.5 Å². The van der Waals surface area contributed by atoms with Crippen molar-refractivity contribution in [3.63, 3.8) is 0 Å². The van der Waals surface area contributed by atoms with Crippen LogP contribution in [-0.4, -0.2) is 11.4 Å². The summed E-state index contributed by atoms with van der Waals surface area (Å²) in [6.07, 6.45) is 4.61. The molecule has 0 heterocycles. The maximum atomic E-state index is 12.1.